The van der Waals surface area contributed by atoms with Crippen LogP contribution in [0.2, 0.25) is 0 Å². The third-order valence-corrected chi connectivity index (χ3v) is 6.83. The van der Waals surface area contributed by atoms with Gasteiger partial charge >= 0.3 is 0 Å². The van der Waals surface area contributed by atoms with Crippen LogP contribution in [0.3, 0.4) is 0 Å². The van der Waals surface area contributed by atoms with Gasteiger partial charge in [0.05, 0.1) is 10.6 Å². The molecule has 1 aromatic carbocycles. The number of primary sulfonamides is 1. The predicted molar refractivity (Wildman–Crippen MR) is 87.5 cm³/mol. The minimum absolute atomic E-state index is 0.335. The number of nitrogens with two attached hydrogens (primary N) is 1. The first-order chi connectivity index (χ1) is 10.8. The molecule has 0 spiro atoms. The number of fused-ring (bicyclic) bond motifs is 1. The van der Waals surface area contributed by atoms with E-state index in [4.69, 9.17) is 9.88 Å². The van der Waals surface area contributed by atoms with E-state index < -0.39 is 46.8 Å². The van der Waals surface area contributed by atoms with Crippen molar-refractivity contribution >= 4 is 19.9 Å². The fourth-order valence-electron chi connectivity index (χ4n) is 2.80. The average molecular weight is 379 g/mol. The quantitative estimate of drug-likeness (QED) is 0.845. The second-order valence-corrected chi connectivity index (χ2v) is 10.4. The Morgan fingerprint density at radius 3 is 2.54 bits per heavy atom. The van der Waals surface area contributed by atoms with Gasteiger partial charge in [0.2, 0.25) is 10.0 Å². The van der Waals surface area contributed by atoms with Crippen LogP contribution in [0.15, 0.2) is 21.9 Å². The van der Waals surface area contributed by atoms with Crippen LogP contribution < -0.4 is 9.88 Å². The molecule has 0 fully saturated rings. The standard InChI is InChI=1S/C15H22FNO5S2/c1-10(2)5-4-6-15(3)9-23(18,19)13-8-11(24(17,20)21)7-12(16)14(13)22-15/h7-8,10H,4-6,9H2,1-3H3,(H2,17,20,21). The smallest absolute Gasteiger partial charge is 0.238 e. The molecule has 0 aromatic heterocycles. The molecule has 2 N–H and O–H groups in total. The molecule has 1 aliphatic heterocycles. The van der Waals surface area contributed by atoms with Crippen LogP contribution >= 0.6 is 0 Å². The molecule has 1 atom stereocenters. The van der Waals surface area contributed by atoms with Crippen molar-refractivity contribution < 1.29 is 26.0 Å². The molecule has 0 radical (unpaired) electrons. The minimum Gasteiger partial charge on any atom is -0.482 e. The summed E-state index contributed by atoms with van der Waals surface area (Å²) in [5.74, 6) is -1.34. The lowest BCUT2D eigenvalue weighted by atomic mass is 9.97. The van der Waals surface area contributed by atoms with E-state index in [1.165, 1.54) is 0 Å². The summed E-state index contributed by atoms with van der Waals surface area (Å²) < 4.78 is 67.8. The molecule has 136 valence electrons. The molecule has 0 amide bonds. The van der Waals surface area contributed by atoms with Crippen LogP contribution in [0.5, 0.6) is 5.75 Å². The first-order valence-corrected chi connectivity index (χ1v) is 10.8. The van der Waals surface area contributed by atoms with Gasteiger partial charge in [-0.25, -0.2) is 26.4 Å². The lowest BCUT2D eigenvalue weighted by Crippen LogP contribution is -2.44. The van der Waals surface area contributed by atoms with Crippen LogP contribution in [0.4, 0.5) is 4.39 Å². The Kier molecular flexibility index (Phi) is 5.00. The van der Waals surface area contributed by atoms with Gasteiger partial charge in [-0.05, 0) is 37.8 Å². The Morgan fingerprint density at radius 2 is 2.00 bits per heavy atom. The molecule has 2 rings (SSSR count). The van der Waals surface area contributed by atoms with Gasteiger partial charge in [0, 0.05) is 0 Å². The molecule has 0 saturated carbocycles. The van der Waals surface area contributed by atoms with Crippen molar-refractivity contribution in [3.8, 4) is 5.75 Å². The number of sulfonamides is 1. The zero-order valence-electron chi connectivity index (χ0n) is 13.9. The number of halogens is 1. The number of sulfone groups is 1. The zero-order valence-corrected chi connectivity index (χ0v) is 15.5. The maximum absolute atomic E-state index is 14.3. The second-order valence-electron chi connectivity index (χ2n) is 6.87. The lowest BCUT2D eigenvalue weighted by molar-refractivity contribution is 0.0830. The van der Waals surface area contributed by atoms with Gasteiger partial charge in [-0.3, -0.25) is 0 Å². The molecule has 0 aliphatic carbocycles. The van der Waals surface area contributed by atoms with Crippen LogP contribution in [0.25, 0.3) is 0 Å². The number of rotatable bonds is 5. The maximum atomic E-state index is 14.3. The molecule has 1 aliphatic rings. The Bertz CT molecular complexity index is 849. The highest BCUT2D eigenvalue weighted by Crippen LogP contribution is 2.40. The lowest BCUT2D eigenvalue weighted by Gasteiger charge is -2.35. The molecular formula is C15H22FNO5S2. The summed E-state index contributed by atoms with van der Waals surface area (Å²) in [6.45, 7) is 5.75. The molecule has 1 heterocycles. The number of benzene rings is 1. The summed E-state index contributed by atoms with van der Waals surface area (Å²) in [5, 5.41) is 4.96. The van der Waals surface area contributed by atoms with E-state index in [-0.39, 0.29) is 5.75 Å². The molecule has 1 aromatic rings. The highest BCUT2D eigenvalue weighted by atomic mass is 32.2. The molecule has 0 bridgehead atoms. The first-order valence-electron chi connectivity index (χ1n) is 7.62. The normalized spacial score (nSPS) is 22.9. The van der Waals surface area contributed by atoms with Crippen molar-refractivity contribution in [3.05, 3.63) is 17.9 Å². The van der Waals surface area contributed by atoms with Crippen LogP contribution in [0.1, 0.15) is 40.0 Å². The molecular weight excluding hydrogens is 357 g/mol. The van der Waals surface area contributed by atoms with Crippen molar-refractivity contribution in [2.45, 2.75) is 55.4 Å². The van der Waals surface area contributed by atoms with Gasteiger partial charge in [0.15, 0.2) is 21.4 Å². The number of hydrogen-bond donors (Lipinski definition) is 1. The van der Waals surface area contributed by atoms with E-state index in [9.17, 15) is 21.2 Å². The summed E-state index contributed by atoms with van der Waals surface area (Å²) in [7, 11) is -8.11. The molecule has 9 heteroatoms. The largest absolute Gasteiger partial charge is 0.482 e. The van der Waals surface area contributed by atoms with Crippen LogP contribution in [-0.2, 0) is 19.9 Å². The minimum atomic E-state index is -4.22. The van der Waals surface area contributed by atoms with Gasteiger partial charge in [-0.15, -0.1) is 0 Å². The second kappa shape index (κ2) is 6.27. The van der Waals surface area contributed by atoms with E-state index >= 15 is 0 Å². The summed E-state index contributed by atoms with van der Waals surface area (Å²) in [5.41, 5.74) is -1.05. The fraction of sp³-hybridized carbons (Fsp3) is 0.600. The average Bonchev–Trinajstić information content (AvgIpc) is 2.37. The highest BCUT2D eigenvalue weighted by Gasteiger charge is 2.42. The van der Waals surface area contributed by atoms with E-state index in [1.54, 1.807) is 6.92 Å². The molecule has 1 unspecified atom stereocenters. The van der Waals surface area contributed by atoms with Crippen molar-refractivity contribution in [2.75, 3.05) is 5.75 Å². The topological polar surface area (TPSA) is 104 Å². The first kappa shape index (κ1) is 19.1. The predicted octanol–water partition coefficient (Wildman–Crippen LogP) is 2.22. The Labute approximate surface area is 142 Å². The third kappa shape index (κ3) is 4.07. The molecule has 6 nitrogen and oxygen atoms in total. The Morgan fingerprint density at radius 1 is 1.38 bits per heavy atom. The maximum Gasteiger partial charge on any atom is 0.238 e. The van der Waals surface area contributed by atoms with Gasteiger partial charge in [-0.2, -0.15) is 0 Å². The molecule has 24 heavy (non-hydrogen) atoms. The SMILES string of the molecule is CC(C)CCCC1(C)CS(=O)(=O)c2cc(S(N)(=O)=O)cc(F)c2O1. The highest BCUT2D eigenvalue weighted by molar-refractivity contribution is 7.91. The summed E-state index contributed by atoms with van der Waals surface area (Å²) in [6.07, 6.45) is 2.11. The number of ether oxygens (including phenoxy) is 1. The third-order valence-electron chi connectivity index (χ3n) is 3.98. The van der Waals surface area contributed by atoms with E-state index in [0.29, 0.717) is 18.4 Å². The molecule has 0 saturated heterocycles. The summed E-state index contributed by atoms with van der Waals surface area (Å²) in [6, 6.07) is 1.54. The summed E-state index contributed by atoms with van der Waals surface area (Å²) >= 11 is 0. The van der Waals surface area contributed by atoms with E-state index in [1.807, 2.05) is 0 Å². The van der Waals surface area contributed by atoms with Gasteiger partial charge in [0.25, 0.3) is 0 Å². The van der Waals surface area contributed by atoms with Gasteiger partial charge < -0.3 is 4.74 Å². The number of hydrogen-bond acceptors (Lipinski definition) is 5. The van der Waals surface area contributed by atoms with Gasteiger partial charge in [0.1, 0.15) is 10.5 Å². The Balaban J connectivity index is 2.44. The van der Waals surface area contributed by atoms with Crippen molar-refractivity contribution in [1.82, 2.24) is 0 Å². The fourth-order valence-corrected chi connectivity index (χ4v) is 5.32. The van der Waals surface area contributed by atoms with Crippen molar-refractivity contribution in [1.29, 1.82) is 0 Å². The summed E-state index contributed by atoms with van der Waals surface area (Å²) in [4.78, 5) is -1.05. The van der Waals surface area contributed by atoms with Crippen molar-refractivity contribution in [2.24, 2.45) is 11.1 Å². The zero-order chi connectivity index (χ0) is 18.3. The monoisotopic (exact) mass is 379 g/mol. The van der Waals surface area contributed by atoms with E-state index in [0.717, 1.165) is 18.9 Å². The van der Waals surface area contributed by atoms with Crippen molar-refractivity contribution in [3.63, 3.8) is 0 Å². The van der Waals surface area contributed by atoms with Gasteiger partial charge in [-0.1, -0.05) is 20.3 Å². The Hall–Kier alpha value is -1.19. The van der Waals surface area contributed by atoms with Crippen LogP contribution in [0, 0.1) is 11.7 Å². The van der Waals surface area contributed by atoms with E-state index in [2.05, 4.69) is 13.8 Å². The van der Waals surface area contributed by atoms with Crippen LogP contribution in [-0.4, -0.2) is 28.2 Å².